The number of aryl methyl sites for hydroxylation is 1. The van der Waals surface area contributed by atoms with Gasteiger partial charge in [0, 0.05) is 11.3 Å². The number of benzene rings is 1. The molecule has 86 valence electrons. The number of imidazole rings is 1. The third-order valence-electron chi connectivity index (χ3n) is 2.99. The fourth-order valence-corrected chi connectivity index (χ4v) is 1.95. The second-order valence-corrected chi connectivity index (χ2v) is 4.15. The Morgan fingerprint density at radius 2 is 1.88 bits per heavy atom. The van der Waals surface area contributed by atoms with Crippen LogP contribution in [0.4, 0.5) is 0 Å². The smallest absolute Gasteiger partial charge is 0.141 e. The van der Waals surface area contributed by atoms with Gasteiger partial charge in [0.1, 0.15) is 11.9 Å². The summed E-state index contributed by atoms with van der Waals surface area (Å²) >= 11 is 0. The summed E-state index contributed by atoms with van der Waals surface area (Å²) in [5.74, 6) is 0.870. The minimum Gasteiger partial charge on any atom is -0.312 e. The number of nitrogens with zero attached hydrogens (tertiary/aromatic N) is 3. The lowest BCUT2D eigenvalue weighted by Crippen LogP contribution is -2.06. The molecule has 17 heavy (non-hydrogen) atoms. The molecule has 0 N–H and O–H groups in total. The highest BCUT2D eigenvalue weighted by Crippen LogP contribution is 2.25. The third kappa shape index (κ3) is 1.94. The first-order valence-corrected chi connectivity index (χ1v) is 5.65. The summed E-state index contributed by atoms with van der Waals surface area (Å²) in [4.78, 5) is 4.56. The highest BCUT2D eigenvalue weighted by molar-refractivity contribution is 5.57. The molecule has 0 bridgehead atoms. The average molecular weight is 225 g/mol. The Balaban J connectivity index is 2.63. The fraction of sp³-hybridized carbons (Fsp3) is 0.286. The molecular formula is C14H15N3. The van der Waals surface area contributed by atoms with Crippen LogP contribution in [0.15, 0.2) is 30.3 Å². The lowest BCUT2D eigenvalue weighted by molar-refractivity contribution is 0.661. The molecule has 1 aromatic carbocycles. The lowest BCUT2D eigenvalue weighted by atomic mass is 10.2. The first-order chi connectivity index (χ1) is 8.15. The van der Waals surface area contributed by atoms with Crippen LogP contribution in [0.5, 0.6) is 0 Å². The molecule has 0 saturated carbocycles. The molecular weight excluding hydrogens is 210 g/mol. The third-order valence-corrected chi connectivity index (χ3v) is 2.99. The van der Waals surface area contributed by atoms with Crippen molar-refractivity contribution in [3.8, 4) is 17.5 Å². The van der Waals surface area contributed by atoms with Crippen LogP contribution < -0.4 is 0 Å². The van der Waals surface area contributed by atoms with Gasteiger partial charge in [0.25, 0.3) is 0 Å². The van der Waals surface area contributed by atoms with Crippen LogP contribution in [-0.2, 0) is 0 Å². The maximum atomic E-state index is 9.09. The van der Waals surface area contributed by atoms with E-state index in [-0.39, 0.29) is 6.04 Å². The predicted molar refractivity (Wildman–Crippen MR) is 67.5 cm³/mol. The van der Waals surface area contributed by atoms with Crippen LogP contribution in [-0.4, -0.2) is 9.55 Å². The molecule has 0 aliphatic carbocycles. The molecule has 1 aromatic heterocycles. The highest BCUT2D eigenvalue weighted by atomic mass is 15.1. The molecule has 0 aliphatic rings. The van der Waals surface area contributed by atoms with E-state index in [2.05, 4.69) is 11.1 Å². The Kier molecular flexibility index (Phi) is 2.97. The van der Waals surface area contributed by atoms with Crippen molar-refractivity contribution < 1.29 is 0 Å². The van der Waals surface area contributed by atoms with Gasteiger partial charge in [0.2, 0.25) is 0 Å². The van der Waals surface area contributed by atoms with Gasteiger partial charge in [-0.3, -0.25) is 0 Å². The minimum absolute atomic E-state index is 0.202. The number of rotatable bonds is 2. The topological polar surface area (TPSA) is 41.6 Å². The zero-order chi connectivity index (χ0) is 12.4. The van der Waals surface area contributed by atoms with E-state index in [1.807, 2.05) is 55.7 Å². The molecule has 0 saturated heterocycles. The van der Waals surface area contributed by atoms with Crippen molar-refractivity contribution in [3.63, 3.8) is 0 Å². The largest absolute Gasteiger partial charge is 0.312 e. The van der Waals surface area contributed by atoms with Crippen LogP contribution >= 0.6 is 0 Å². The first-order valence-electron chi connectivity index (χ1n) is 5.65. The fourth-order valence-electron chi connectivity index (χ4n) is 1.95. The van der Waals surface area contributed by atoms with Crippen LogP contribution in [0, 0.1) is 25.2 Å². The standard InChI is InChI=1S/C14H15N3/c1-10(9-15)17-12(3)11(2)16-14(17)13-7-5-4-6-8-13/h4-8,10H,1-3H3. The van der Waals surface area contributed by atoms with Gasteiger partial charge in [-0.25, -0.2) is 4.98 Å². The molecule has 2 rings (SSSR count). The number of hydrogen-bond acceptors (Lipinski definition) is 2. The first kappa shape index (κ1) is 11.4. The summed E-state index contributed by atoms with van der Waals surface area (Å²) in [7, 11) is 0. The van der Waals surface area contributed by atoms with E-state index in [9.17, 15) is 0 Å². The molecule has 1 unspecified atom stereocenters. The summed E-state index contributed by atoms with van der Waals surface area (Å²) in [6.45, 7) is 5.87. The summed E-state index contributed by atoms with van der Waals surface area (Å²) in [6, 6.07) is 12.0. The maximum absolute atomic E-state index is 9.09. The van der Waals surface area contributed by atoms with E-state index < -0.39 is 0 Å². The van der Waals surface area contributed by atoms with Crippen molar-refractivity contribution in [2.75, 3.05) is 0 Å². The van der Waals surface area contributed by atoms with Crippen molar-refractivity contribution >= 4 is 0 Å². The van der Waals surface area contributed by atoms with Crippen molar-refractivity contribution in [1.82, 2.24) is 9.55 Å². The molecule has 0 aliphatic heterocycles. The molecule has 3 nitrogen and oxygen atoms in total. The molecule has 0 amide bonds. The SMILES string of the molecule is Cc1nc(-c2ccccc2)n(C(C)C#N)c1C. The van der Waals surface area contributed by atoms with Crippen molar-refractivity contribution in [1.29, 1.82) is 5.26 Å². The van der Waals surface area contributed by atoms with E-state index in [1.54, 1.807) is 0 Å². The summed E-state index contributed by atoms with van der Waals surface area (Å²) < 4.78 is 1.99. The molecule has 0 radical (unpaired) electrons. The molecule has 3 heteroatoms. The van der Waals surface area contributed by atoms with Crippen LogP contribution in [0.2, 0.25) is 0 Å². The normalized spacial score (nSPS) is 12.1. The van der Waals surface area contributed by atoms with Gasteiger partial charge in [-0.2, -0.15) is 5.26 Å². The van der Waals surface area contributed by atoms with E-state index in [4.69, 9.17) is 5.26 Å². The maximum Gasteiger partial charge on any atom is 0.141 e. The molecule has 1 heterocycles. The Morgan fingerprint density at radius 3 is 2.47 bits per heavy atom. The Labute approximate surface area is 101 Å². The van der Waals surface area contributed by atoms with Gasteiger partial charge in [-0.15, -0.1) is 0 Å². The number of hydrogen-bond donors (Lipinski definition) is 0. The Bertz CT molecular complexity index is 561. The Morgan fingerprint density at radius 1 is 1.24 bits per heavy atom. The molecule has 0 spiro atoms. The van der Waals surface area contributed by atoms with Gasteiger partial charge < -0.3 is 4.57 Å². The van der Waals surface area contributed by atoms with E-state index in [0.717, 1.165) is 22.8 Å². The summed E-state index contributed by atoms with van der Waals surface area (Å²) in [5.41, 5.74) is 3.08. The zero-order valence-electron chi connectivity index (χ0n) is 10.3. The van der Waals surface area contributed by atoms with Crippen LogP contribution in [0.1, 0.15) is 24.4 Å². The van der Waals surface area contributed by atoms with Crippen molar-refractivity contribution in [2.24, 2.45) is 0 Å². The monoisotopic (exact) mass is 225 g/mol. The van der Waals surface area contributed by atoms with Gasteiger partial charge >= 0.3 is 0 Å². The van der Waals surface area contributed by atoms with Gasteiger partial charge in [-0.1, -0.05) is 30.3 Å². The van der Waals surface area contributed by atoms with Gasteiger partial charge in [0.05, 0.1) is 11.8 Å². The Hall–Kier alpha value is -2.08. The second kappa shape index (κ2) is 4.42. The number of aromatic nitrogens is 2. The van der Waals surface area contributed by atoms with Crippen LogP contribution in [0.3, 0.4) is 0 Å². The second-order valence-electron chi connectivity index (χ2n) is 4.15. The summed E-state index contributed by atoms with van der Waals surface area (Å²) in [6.07, 6.45) is 0. The van der Waals surface area contributed by atoms with Crippen molar-refractivity contribution in [3.05, 3.63) is 41.7 Å². The van der Waals surface area contributed by atoms with E-state index in [1.165, 1.54) is 0 Å². The quantitative estimate of drug-likeness (QED) is 0.787. The minimum atomic E-state index is -0.202. The zero-order valence-corrected chi connectivity index (χ0v) is 10.3. The van der Waals surface area contributed by atoms with E-state index >= 15 is 0 Å². The number of nitriles is 1. The molecule has 1 atom stereocenters. The average Bonchev–Trinajstić information content (AvgIpc) is 2.66. The van der Waals surface area contributed by atoms with Gasteiger partial charge in [-0.05, 0) is 20.8 Å². The van der Waals surface area contributed by atoms with E-state index in [0.29, 0.717) is 0 Å². The predicted octanol–water partition coefficient (Wildman–Crippen LogP) is 3.25. The van der Waals surface area contributed by atoms with Crippen LogP contribution in [0.25, 0.3) is 11.4 Å². The highest BCUT2D eigenvalue weighted by Gasteiger charge is 2.16. The lowest BCUT2D eigenvalue weighted by Gasteiger charge is -2.11. The van der Waals surface area contributed by atoms with Crippen molar-refractivity contribution in [2.45, 2.75) is 26.8 Å². The van der Waals surface area contributed by atoms with Gasteiger partial charge in [0.15, 0.2) is 0 Å². The summed E-state index contributed by atoms with van der Waals surface area (Å²) in [5, 5.41) is 9.09. The molecule has 0 fully saturated rings. The molecule has 2 aromatic rings.